The molecule has 1 aliphatic rings. The fourth-order valence-corrected chi connectivity index (χ4v) is 5.20. The van der Waals surface area contributed by atoms with E-state index in [9.17, 15) is 13.2 Å². The lowest BCUT2D eigenvalue weighted by Crippen LogP contribution is -2.50. The van der Waals surface area contributed by atoms with Gasteiger partial charge in [-0.1, -0.05) is 6.92 Å². The Kier molecular flexibility index (Phi) is 5.10. The van der Waals surface area contributed by atoms with E-state index in [1.165, 1.54) is 11.1 Å². The molecule has 6 nitrogen and oxygen atoms in total. The fraction of sp³-hybridized carbons (Fsp3) is 0.538. The molecule has 0 radical (unpaired) electrons. The lowest BCUT2D eigenvalue weighted by Gasteiger charge is -2.35. The Morgan fingerprint density at radius 3 is 3.00 bits per heavy atom. The number of rotatable bonds is 4. The van der Waals surface area contributed by atoms with Crippen molar-refractivity contribution in [2.45, 2.75) is 12.3 Å². The maximum absolute atomic E-state index is 12.7. The van der Waals surface area contributed by atoms with Crippen LogP contribution in [0.3, 0.4) is 0 Å². The molecule has 1 N–H and O–H groups in total. The van der Waals surface area contributed by atoms with E-state index in [0.29, 0.717) is 23.5 Å². The van der Waals surface area contributed by atoms with Crippen molar-refractivity contribution >= 4 is 33.2 Å². The van der Waals surface area contributed by atoms with Crippen LogP contribution >= 0.6 is 11.8 Å². The van der Waals surface area contributed by atoms with Crippen molar-refractivity contribution in [1.82, 2.24) is 9.88 Å². The molecule has 1 fully saturated rings. The van der Waals surface area contributed by atoms with E-state index in [1.807, 2.05) is 0 Å². The molecule has 1 aromatic rings. The molecule has 0 bridgehead atoms. The Morgan fingerprint density at radius 2 is 2.33 bits per heavy atom. The van der Waals surface area contributed by atoms with Gasteiger partial charge in [0.15, 0.2) is 9.84 Å². The number of aromatic nitrogens is 1. The molecule has 2 heterocycles. The summed E-state index contributed by atoms with van der Waals surface area (Å²) in [6, 6.07) is 1.62. The largest absolute Gasteiger partial charge is 0.386 e. The molecule has 116 valence electrons. The molecule has 0 saturated carbocycles. The van der Waals surface area contributed by atoms with Gasteiger partial charge in [-0.15, -0.1) is 0 Å². The normalized spacial score (nSPS) is 19.3. The number of nitrogens with one attached hydrogen (secondary N) is 1. The zero-order chi connectivity index (χ0) is 15.5. The molecular formula is C13H19N3O3S2. The van der Waals surface area contributed by atoms with Crippen molar-refractivity contribution in [3.63, 3.8) is 0 Å². The van der Waals surface area contributed by atoms with Crippen molar-refractivity contribution in [2.24, 2.45) is 0 Å². The van der Waals surface area contributed by atoms with E-state index in [4.69, 9.17) is 0 Å². The third-order valence-corrected chi connectivity index (χ3v) is 6.77. The Balaban J connectivity index is 2.35. The highest BCUT2D eigenvalue weighted by molar-refractivity contribution is 8.01. The minimum Gasteiger partial charge on any atom is -0.386 e. The third-order valence-electron chi connectivity index (χ3n) is 3.48. The summed E-state index contributed by atoms with van der Waals surface area (Å²) in [6.45, 7) is 2.06. The minimum absolute atomic E-state index is 0.0389. The number of thioether (sulfide) groups is 1. The summed E-state index contributed by atoms with van der Waals surface area (Å²) in [5, 5.41) is 2.17. The van der Waals surface area contributed by atoms with Crippen LogP contribution in [-0.4, -0.2) is 60.4 Å². The van der Waals surface area contributed by atoms with Gasteiger partial charge >= 0.3 is 0 Å². The molecule has 1 amide bonds. The maximum atomic E-state index is 12.7. The number of pyridine rings is 1. The first-order valence-electron chi connectivity index (χ1n) is 6.73. The highest BCUT2D eigenvalue weighted by Gasteiger charge is 2.36. The number of hydrogen-bond donors (Lipinski definition) is 1. The second-order valence-corrected chi connectivity index (χ2v) is 8.25. The Morgan fingerprint density at radius 1 is 1.57 bits per heavy atom. The molecule has 21 heavy (non-hydrogen) atoms. The number of carbonyl (C=O) groups excluding carboxylic acids is 1. The first-order valence-corrected chi connectivity index (χ1v) is 9.60. The summed E-state index contributed by atoms with van der Waals surface area (Å²) in [4.78, 5) is 18.2. The van der Waals surface area contributed by atoms with Gasteiger partial charge in [0, 0.05) is 37.0 Å². The van der Waals surface area contributed by atoms with Crippen LogP contribution in [0.5, 0.6) is 0 Å². The summed E-state index contributed by atoms with van der Waals surface area (Å²) in [7, 11) is -1.59. The predicted octanol–water partition coefficient (Wildman–Crippen LogP) is 1.07. The quantitative estimate of drug-likeness (QED) is 0.890. The Bertz CT molecular complexity index is 619. The van der Waals surface area contributed by atoms with Crippen LogP contribution in [0, 0.1) is 0 Å². The highest BCUT2D eigenvalue weighted by Crippen LogP contribution is 2.25. The average molecular weight is 329 g/mol. The molecule has 0 aliphatic carbocycles. The van der Waals surface area contributed by atoms with E-state index in [0.717, 1.165) is 5.75 Å². The second-order valence-electron chi connectivity index (χ2n) is 4.65. The SMILES string of the molecule is CCS(=O)(=O)C1CSCCN1C(=O)c1ccncc1NC. The van der Waals surface area contributed by atoms with Gasteiger partial charge in [0.25, 0.3) is 5.91 Å². The molecule has 1 aromatic heterocycles. The molecule has 1 aliphatic heterocycles. The summed E-state index contributed by atoms with van der Waals surface area (Å²) >= 11 is 1.57. The molecule has 0 aromatic carbocycles. The number of carbonyl (C=O) groups is 1. The van der Waals surface area contributed by atoms with E-state index in [2.05, 4.69) is 10.3 Å². The molecule has 1 saturated heterocycles. The molecule has 1 unspecified atom stereocenters. The van der Waals surface area contributed by atoms with Crippen molar-refractivity contribution in [3.05, 3.63) is 24.0 Å². The predicted molar refractivity (Wildman–Crippen MR) is 85.4 cm³/mol. The van der Waals surface area contributed by atoms with Crippen LogP contribution in [-0.2, 0) is 9.84 Å². The third kappa shape index (κ3) is 3.32. The van der Waals surface area contributed by atoms with Crippen LogP contribution in [0.25, 0.3) is 0 Å². The number of anilines is 1. The zero-order valence-electron chi connectivity index (χ0n) is 12.1. The second kappa shape index (κ2) is 6.65. The van der Waals surface area contributed by atoms with Crippen LogP contribution in [0.4, 0.5) is 5.69 Å². The molecule has 8 heteroatoms. The van der Waals surface area contributed by atoms with Gasteiger partial charge in [-0.25, -0.2) is 8.42 Å². The molecular weight excluding hydrogens is 310 g/mol. The Labute approximate surface area is 129 Å². The lowest BCUT2D eigenvalue weighted by molar-refractivity contribution is 0.0750. The summed E-state index contributed by atoms with van der Waals surface area (Å²) < 4.78 is 24.4. The van der Waals surface area contributed by atoms with Crippen molar-refractivity contribution < 1.29 is 13.2 Å². The smallest absolute Gasteiger partial charge is 0.257 e. The van der Waals surface area contributed by atoms with Crippen LogP contribution in [0.15, 0.2) is 18.5 Å². The van der Waals surface area contributed by atoms with Crippen molar-refractivity contribution in [1.29, 1.82) is 0 Å². The molecule has 2 rings (SSSR count). The van der Waals surface area contributed by atoms with Gasteiger partial charge in [0.2, 0.25) is 0 Å². The van der Waals surface area contributed by atoms with Crippen LogP contribution in [0.2, 0.25) is 0 Å². The topological polar surface area (TPSA) is 79.4 Å². The van der Waals surface area contributed by atoms with Gasteiger partial charge in [-0.2, -0.15) is 11.8 Å². The first kappa shape index (κ1) is 16.1. The van der Waals surface area contributed by atoms with E-state index in [1.54, 1.807) is 38.0 Å². The van der Waals surface area contributed by atoms with Gasteiger partial charge in [0.1, 0.15) is 5.37 Å². The van der Waals surface area contributed by atoms with Crippen LogP contribution < -0.4 is 5.32 Å². The number of hydrogen-bond acceptors (Lipinski definition) is 6. The average Bonchev–Trinajstić information content (AvgIpc) is 2.54. The van der Waals surface area contributed by atoms with Gasteiger partial charge < -0.3 is 10.2 Å². The Hall–Kier alpha value is -1.28. The summed E-state index contributed by atoms with van der Waals surface area (Å²) in [5.74, 6) is 0.963. The van der Waals surface area contributed by atoms with Crippen molar-refractivity contribution in [3.8, 4) is 0 Å². The zero-order valence-corrected chi connectivity index (χ0v) is 13.7. The number of sulfone groups is 1. The van der Waals surface area contributed by atoms with Gasteiger partial charge in [0.05, 0.1) is 17.4 Å². The summed E-state index contributed by atoms with van der Waals surface area (Å²) in [5.41, 5.74) is 1.06. The number of nitrogens with zero attached hydrogens (tertiary/aromatic N) is 2. The van der Waals surface area contributed by atoms with Gasteiger partial charge in [-0.05, 0) is 6.07 Å². The van der Waals surface area contributed by atoms with E-state index < -0.39 is 15.2 Å². The summed E-state index contributed by atoms with van der Waals surface area (Å²) in [6.07, 6.45) is 3.10. The standard InChI is InChI=1S/C13H19N3O3S2/c1-3-21(18,19)12-9-20-7-6-16(12)13(17)10-4-5-15-8-11(10)14-2/h4-5,8,12,14H,3,6-7,9H2,1-2H3. The minimum atomic E-state index is -3.29. The first-order chi connectivity index (χ1) is 10.0. The molecule has 0 spiro atoms. The van der Waals surface area contributed by atoms with E-state index >= 15 is 0 Å². The number of amides is 1. The molecule has 1 atom stereocenters. The fourth-order valence-electron chi connectivity index (χ4n) is 2.24. The monoisotopic (exact) mass is 329 g/mol. The highest BCUT2D eigenvalue weighted by atomic mass is 32.2. The van der Waals surface area contributed by atoms with E-state index in [-0.39, 0.29) is 11.7 Å². The lowest BCUT2D eigenvalue weighted by atomic mass is 10.2. The maximum Gasteiger partial charge on any atom is 0.257 e. The van der Waals surface area contributed by atoms with Crippen LogP contribution in [0.1, 0.15) is 17.3 Å². The van der Waals surface area contributed by atoms with Crippen molar-refractivity contribution in [2.75, 3.05) is 36.2 Å². The van der Waals surface area contributed by atoms with Gasteiger partial charge in [-0.3, -0.25) is 9.78 Å².